The molecule has 0 saturated carbocycles. The van der Waals surface area contributed by atoms with Crippen LogP contribution in [0.25, 0.3) is 0 Å². The lowest BCUT2D eigenvalue weighted by atomic mass is 10.2. The van der Waals surface area contributed by atoms with Gasteiger partial charge in [0.1, 0.15) is 0 Å². The molecule has 0 aliphatic carbocycles. The van der Waals surface area contributed by atoms with Gasteiger partial charge in [0.25, 0.3) is 11.6 Å². The zero-order chi connectivity index (χ0) is 15.9. The number of benzene rings is 1. The molecule has 0 atom stereocenters. The second kappa shape index (κ2) is 7.16. The number of carbonyl (C=O) groups excluding carboxylic acids is 1. The van der Waals surface area contributed by atoms with Gasteiger partial charge in [-0.15, -0.1) is 0 Å². The van der Waals surface area contributed by atoms with Crippen LogP contribution in [-0.4, -0.2) is 22.4 Å². The number of rotatable bonds is 6. The van der Waals surface area contributed by atoms with Crippen LogP contribution in [0.15, 0.2) is 42.6 Å². The van der Waals surface area contributed by atoms with E-state index in [4.69, 9.17) is 4.74 Å². The van der Waals surface area contributed by atoms with E-state index in [9.17, 15) is 14.9 Å². The highest BCUT2D eigenvalue weighted by molar-refractivity contribution is 5.94. The molecular formula is C15H15N3O4. The number of amides is 1. The minimum atomic E-state index is -0.537. The average Bonchev–Trinajstić information content (AvgIpc) is 2.54. The van der Waals surface area contributed by atoms with Crippen LogP contribution in [0.4, 0.5) is 5.69 Å². The summed E-state index contributed by atoms with van der Waals surface area (Å²) in [5.41, 5.74) is 0.850. The van der Waals surface area contributed by atoms with Gasteiger partial charge in [-0.05, 0) is 19.1 Å². The van der Waals surface area contributed by atoms with Crippen LogP contribution in [0.3, 0.4) is 0 Å². The Morgan fingerprint density at radius 3 is 2.91 bits per heavy atom. The summed E-state index contributed by atoms with van der Waals surface area (Å²) in [7, 11) is 0. The lowest BCUT2D eigenvalue weighted by Crippen LogP contribution is -2.23. The van der Waals surface area contributed by atoms with Crippen LogP contribution in [0.5, 0.6) is 5.88 Å². The van der Waals surface area contributed by atoms with E-state index in [0.29, 0.717) is 12.5 Å². The molecule has 0 fully saturated rings. The fourth-order valence-electron chi connectivity index (χ4n) is 1.86. The largest absolute Gasteiger partial charge is 0.478 e. The van der Waals surface area contributed by atoms with Gasteiger partial charge in [0.05, 0.1) is 11.5 Å². The van der Waals surface area contributed by atoms with Crippen molar-refractivity contribution in [2.24, 2.45) is 0 Å². The Hall–Kier alpha value is -2.96. The first kappa shape index (κ1) is 15.4. The number of non-ortho nitro benzene ring substituents is 1. The Morgan fingerprint density at radius 2 is 2.18 bits per heavy atom. The Balaban J connectivity index is 2.07. The molecule has 7 heteroatoms. The first-order valence-electron chi connectivity index (χ1n) is 6.71. The highest BCUT2D eigenvalue weighted by Gasteiger charge is 2.12. The van der Waals surface area contributed by atoms with Crippen LogP contribution in [0, 0.1) is 10.1 Å². The minimum absolute atomic E-state index is 0.121. The normalized spacial score (nSPS) is 10.0. The maximum Gasteiger partial charge on any atom is 0.270 e. The van der Waals surface area contributed by atoms with Gasteiger partial charge in [0.2, 0.25) is 5.88 Å². The molecule has 0 unspecified atom stereocenters. The van der Waals surface area contributed by atoms with Crippen LogP contribution in [0.2, 0.25) is 0 Å². The van der Waals surface area contributed by atoms with Crippen LogP contribution in [0.1, 0.15) is 22.8 Å². The van der Waals surface area contributed by atoms with Gasteiger partial charge in [0, 0.05) is 36.0 Å². The van der Waals surface area contributed by atoms with Crippen molar-refractivity contribution in [1.82, 2.24) is 10.3 Å². The number of ether oxygens (including phenoxy) is 1. The van der Waals surface area contributed by atoms with E-state index in [0.717, 1.165) is 5.56 Å². The van der Waals surface area contributed by atoms with Crippen molar-refractivity contribution in [2.75, 3.05) is 6.61 Å². The lowest BCUT2D eigenvalue weighted by Gasteiger charge is -2.09. The van der Waals surface area contributed by atoms with Gasteiger partial charge in [-0.3, -0.25) is 14.9 Å². The number of hydrogen-bond donors (Lipinski definition) is 1. The lowest BCUT2D eigenvalue weighted by molar-refractivity contribution is -0.384. The topological polar surface area (TPSA) is 94.4 Å². The number of nitrogens with one attached hydrogen (secondary N) is 1. The third kappa shape index (κ3) is 3.78. The number of nitrogens with zero attached hydrogens (tertiary/aromatic N) is 2. The van der Waals surface area contributed by atoms with Crippen molar-refractivity contribution >= 4 is 11.6 Å². The molecule has 2 rings (SSSR count). The number of carbonyl (C=O) groups is 1. The Morgan fingerprint density at radius 1 is 1.36 bits per heavy atom. The second-order valence-corrected chi connectivity index (χ2v) is 4.39. The number of nitro groups is 1. The second-order valence-electron chi connectivity index (χ2n) is 4.39. The van der Waals surface area contributed by atoms with Crippen molar-refractivity contribution in [3.63, 3.8) is 0 Å². The Kier molecular flexibility index (Phi) is 5.02. The SMILES string of the molecule is CCOc1ncccc1CNC(=O)c1cccc([N+](=O)[O-])c1. The minimum Gasteiger partial charge on any atom is -0.478 e. The molecule has 22 heavy (non-hydrogen) atoms. The third-order valence-corrected chi connectivity index (χ3v) is 2.89. The van der Waals surface area contributed by atoms with E-state index >= 15 is 0 Å². The standard InChI is InChI=1S/C15H15N3O4/c1-2-22-15-12(6-4-8-16-15)10-17-14(19)11-5-3-7-13(9-11)18(20)21/h3-9H,2,10H2,1H3,(H,17,19). The van der Waals surface area contributed by atoms with Crippen LogP contribution >= 0.6 is 0 Å². The molecule has 1 N–H and O–H groups in total. The smallest absolute Gasteiger partial charge is 0.270 e. The molecule has 0 bridgehead atoms. The third-order valence-electron chi connectivity index (χ3n) is 2.89. The predicted molar refractivity (Wildman–Crippen MR) is 79.7 cm³/mol. The number of hydrogen-bond acceptors (Lipinski definition) is 5. The number of nitro benzene ring substituents is 1. The fourth-order valence-corrected chi connectivity index (χ4v) is 1.86. The van der Waals surface area contributed by atoms with Gasteiger partial charge in [-0.25, -0.2) is 4.98 Å². The molecule has 0 aliphatic heterocycles. The molecule has 1 aromatic carbocycles. The van der Waals surface area contributed by atoms with Crippen molar-refractivity contribution in [1.29, 1.82) is 0 Å². The molecule has 7 nitrogen and oxygen atoms in total. The fraction of sp³-hybridized carbons (Fsp3) is 0.200. The molecule has 1 amide bonds. The molecule has 0 radical (unpaired) electrons. The molecule has 114 valence electrons. The molecule has 2 aromatic rings. The Labute approximate surface area is 127 Å². The monoisotopic (exact) mass is 301 g/mol. The van der Waals surface area contributed by atoms with E-state index in [1.807, 2.05) is 6.92 Å². The van der Waals surface area contributed by atoms with Crippen molar-refractivity contribution in [3.8, 4) is 5.88 Å². The van der Waals surface area contributed by atoms with Gasteiger partial charge in [-0.2, -0.15) is 0 Å². The van der Waals surface area contributed by atoms with E-state index < -0.39 is 10.8 Å². The predicted octanol–water partition coefficient (Wildman–Crippen LogP) is 2.32. The summed E-state index contributed by atoms with van der Waals surface area (Å²) < 4.78 is 5.37. The quantitative estimate of drug-likeness (QED) is 0.652. The number of aromatic nitrogens is 1. The van der Waals surface area contributed by atoms with Crippen LogP contribution in [-0.2, 0) is 6.54 Å². The van der Waals surface area contributed by atoms with Gasteiger partial charge in [0.15, 0.2) is 0 Å². The van der Waals surface area contributed by atoms with Gasteiger partial charge >= 0.3 is 0 Å². The van der Waals surface area contributed by atoms with E-state index in [1.165, 1.54) is 24.3 Å². The molecule has 0 saturated heterocycles. The summed E-state index contributed by atoms with van der Waals surface area (Å²) in [5, 5.41) is 13.4. The molecule has 0 spiro atoms. The summed E-state index contributed by atoms with van der Waals surface area (Å²) in [6, 6.07) is 9.12. The van der Waals surface area contributed by atoms with Gasteiger partial charge < -0.3 is 10.1 Å². The maximum atomic E-state index is 12.1. The summed E-state index contributed by atoms with van der Waals surface area (Å²) in [5.74, 6) is 0.0688. The van der Waals surface area contributed by atoms with Crippen molar-refractivity contribution < 1.29 is 14.5 Å². The van der Waals surface area contributed by atoms with E-state index in [2.05, 4.69) is 10.3 Å². The summed E-state index contributed by atoms with van der Waals surface area (Å²) in [6.07, 6.45) is 1.61. The highest BCUT2D eigenvalue weighted by atomic mass is 16.6. The molecular weight excluding hydrogens is 286 g/mol. The molecule has 0 aliphatic rings. The summed E-state index contributed by atoms with van der Waals surface area (Å²) in [6.45, 7) is 2.55. The summed E-state index contributed by atoms with van der Waals surface area (Å²) >= 11 is 0. The summed E-state index contributed by atoms with van der Waals surface area (Å²) in [4.78, 5) is 26.3. The molecule has 1 heterocycles. The van der Waals surface area contributed by atoms with E-state index in [-0.39, 0.29) is 17.8 Å². The van der Waals surface area contributed by atoms with Gasteiger partial charge in [-0.1, -0.05) is 12.1 Å². The Bertz CT molecular complexity index is 688. The van der Waals surface area contributed by atoms with Crippen molar-refractivity contribution in [3.05, 3.63) is 63.8 Å². The average molecular weight is 301 g/mol. The maximum absolute atomic E-state index is 12.1. The zero-order valence-electron chi connectivity index (χ0n) is 12.0. The highest BCUT2D eigenvalue weighted by Crippen LogP contribution is 2.15. The first-order valence-corrected chi connectivity index (χ1v) is 6.71. The van der Waals surface area contributed by atoms with E-state index in [1.54, 1.807) is 18.3 Å². The van der Waals surface area contributed by atoms with Crippen molar-refractivity contribution in [2.45, 2.75) is 13.5 Å². The first-order chi connectivity index (χ1) is 10.6. The van der Waals surface area contributed by atoms with Crippen LogP contribution < -0.4 is 10.1 Å². The zero-order valence-corrected chi connectivity index (χ0v) is 12.0. The number of pyridine rings is 1. The molecule has 1 aromatic heterocycles.